The van der Waals surface area contributed by atoms with E-state index in [1.54, 1.807) is 0 Å². The summed E-state index contributed by atoms with van der Waals surface area (Å²) in [5.74, 6) is 0. The Labute approximate surface area is 161 Å². The number of hydrogen-bond acceptors (Lipinski definition) is 6. The average molecular weight is 250 g/mol. The molecule has 0 aliphatic heterocycles. The number of nitrogens with one attached hydrogen (secondary N) is 2. The molecule has 0 aromatic carbocycles. The van der Waals surface area contributed by atoms with Crippen molar-refractivity contribution in [2.75, 3.05) is 0 Å². The van der Waals surface area contributed by atoms with E-state index < -0.39 is 16.3 Å². The van der Waals surface area contributed by atoms with Crippen molar-refractivity contribution in [3.8, 4) is 0 Å². The quantitative estimate of drug-likeness (QED) is 0.325. The molecule has 0 amide bonds. The molecule has 0 unspecified atom stereocenters. The van der Waals surface area contributed by atoms with Crippen molar-refractivity contribution in [1.82, 2.24) is 0 Å². The summed E-state index contributed by atoms with van der Waals surface area (Å²) in [5, 5.41) is 11.1. The Kier molecular flexibility index (Phi) is 88.4. The number of hydrogen-bond donors (Lipinski definition) is 2. The standard InChI is InChI=1S/2H2NO2P.4Na/c2*1-4(2)3;;;;/h2*4H,(H-2,1,2,3);;;;/q2*-2;4*+1. The Morgan fingerprint density at radius 1 is 0.583 bits per heavy atom. The molecule has 0 heterocycles. The van der Waals surface area contributed by atoms with Crippen molar-refractivity contribution >= 4 is 16.3 Å². The second-order valence-corrected chi connectivity index (χ2v) is 1.72. The molecule has 52 valence electrons. The minimum atomic E-state index is -3.13. The van der Waals surface area contributed by atoms with Crippen molar-refractivity contribution < 1.29 is 138 Å². The molecule has 0 saturated heterocycles. The Morgan fingerprint density at radius 2 is 0.583 bits per heavy atom. The summed E-state index contributed by atoms with van der Waals surface area (Å²) in [7, 11) is -6.26. The van der Waals surface area contributed by atoms with Gasteiger partial charge in [0.2, 0.25) is 0 Å². The van der Waals surface area contributed by atoms with Gasteiger partial charge in [-0.05, 0) is 0 Å². The van der Waals surface area contributed by atoms with Crippen LogP contribution in [0.3, 0.4) is 0 Å². The normalized spacial score (nSPS) is 5.83. The Morgan fingerprint density at radius 3 is 0.583 bits per heavy atom. The van der Waals surface area contributed by atoms with Crippen molar-refractivity contribution in [3.05, 3.63) is 0 Å². The molecule has 0 aliphatic carbocycles. The minimum absolute atomic E-state index is 0. The topological polar surface area (TPSA) is 140 Å². The summed E-state index contributed by atoms with van der Waals surface area (Å²) >= 11 is 0. The molecular formula is H4N2Na4O4P2. The summed E-state index contributed by atoms with van der Waals surface area (Å²) in [6.45, 7) is 0. The van der Waals surface area contributed by atoms with Gasteiger partial charge >= 0.3 is 118 Å². The minimum Gasteiger partial charge on any atom is -0.829 e. The van der Waals surface area contributed by atoms with Gasteiger partial charge in [0.1, 0.15) is 0 Å². The summed E-state index contributed by atoms with van der Waals surface area (Å²) in [4.78, 5) is 35.0. The largest absolute Gasteiger partial charge is 1.00 e. The molecule has 0 fully saturated rings. The fraction of sp³-hybridized carbons (Fsp3) is 0. The molecule has 6 nitrogen and oxygen atoms in total. The molecule has 0 aromatic heterocycles. The molecule has 0 aromatic rings. The van der Waals surface area contributed by atoms with Gasteiger partial charge in [-0.25, -0.2) is 16.3 Å². The molecule has 0 aliphatic rings. The van der Waals surface area contributed by atoms with E-state index in [0.29, 0.717) is 0 Å². The third-order valence-electron chi connectivity index (χ3n) is 0. The number of rotatable bonds is 0. The predicted molar refractivity (Wildman–Crippen MR) is 22.1 cm³/mol. The first-order valence-corrected chi connectivity index (χ1v) is 3.95. The SMILES string of the molecule is N=[PH]([O-])[O-].N=[PH]([O-])[O-].[Na+].[Na+].[Na+].[Na+]. The first kappa shape index (κ1) is 36.0. The van der Waals surface area contributed by atoms with Crippen LogP contribution in [-0.2, 0) is 0 Å². The van der Waals surface area contributed by atoms with Gasteiger partial charge in [0.05, 0.1) is 0 Å². The van der Waals surface area contributed by atoms with Gasteiger partial charge in [0.25, 0.3) is 0 Å². The smallest absolute Gasteiger partial charge is 0.829 e. The van der Waals surface area contributed by atoms with Crippen LogP contribution in [0.4, 0.5) is 0 Å². The van der Waals surface area contributed by atoms with Gasteiger partial charge in [0.15, 0.2) is 0 Å². The van der Waals surface area contributed by atoms with Crippen LogP contribution in [-0.4, -0.2) is 0 Å². The van der Waals surface area contributed by atoms with Gasteiger partial charge in [-0.2, -0.15) is 0 Å². The molecule has 2 N–H and O–H groups in total. The summed E-state index contributed by atoms with van der Waals surface area (Å²) < 4.78 is 0. The summed E-state index contributed by atoms with van der Waals surface area (Å²) in [6.07, 6.45) is 0. The maximum atomic E-state index is 8.74. The predicted octanol–water partition coefficient (Wildman–Crippen LogP) is -15.0. The summed E-state index contributed by atoms with van der Waals surface area (Å²) in [6, 6.07) is 0. The molecule has 0 saturated carbocycles. The van der Waals surface area contributed by atoms with Gasteiger partial charge in [-0.1, -0.05) is 0 Å². The van der Waals surface area contributed by atoms with Crippen molar-refractivity contribution in [3.63, 3.8) is 0 Å². The molecule has 12 heavy (non-hydrogen) atoms. The molecule has 0 rings (SSSR count). The van der Waals surface area contributed by atoms with E-state index in [2.05, 4.69) is 0 Å². The fourth-order valence-electron chi connectivity index (χ4n) is 0. The van der Waals surface area contributed by atoms with E-state index in [-0.39, 0.29) is 118 Å². The molecular weight excluding hydrogens is 246 g/mol. The van der Waals surface area contributed by atoms with Crippen LogP contribution >= 0.6 is 16.3 Å². The second kappa shape index (κ2) is 29.5. The Bertz CT molecular complexity index is 81.1. The van der Waals surface area contributed by atoms with Crippen LogP contribution in [0, 0.1) is 10.3 Å². The average Bonchev–Trinajstić information content (AvgIpc) is 1.25. The van der Waals surface area contributed by atoms with Crippen LogP contribution in [0.15, 0.2) is 0 Å². The first-order valence-electron chi connectivity index (χ1n) is 1.32. The van der Waals surface area contributed by atoms with Crippen molar-refractivity contribution in [1.29, 1.82) is 10.3 Å². The van der Waals surface area contributed by atoms with Crippen LogP contribution in [0.5, 0.6) is 0 Å². The monoisotopic (exact) mass is 250 g/mol. The molecule has 12 heteroatoms. The van der Waals surface area contributed by atoms with Crippen LogP contribution in [0.2, 0.25) is 0 Å². The van der Waals surface area contributed by atoms with E-state index in [1.165, 1.54) is 0 Å². The molecule has 0 spiro atoms. The molecule has 0 radical (unpaired) electrons. The maximum Gasteiger partial charge on any atom is 1.00 e. The van der Waals surface area contributed by atoms with Gasteiger partial charge in [-0.15, -0.1) is 0 Å². The first-order chi connectivity index (χ1) is 3.46. The second-order valence-electron chi connectivity index (χ2n) is 0.575. The fourth-order valence-corrected chi connectivity index (χ4v) is 0. The Hall–Kier alpha value is 4.30. The van der Waals surface area contributed by atoms with Crippen LogP contribution in [0.25, 0.3) is 0 Å². The third kappa shape index (κ3) is 137. The van der Waals surface area contributed by atoms with Crippen molar-refractivity contribution in [2.24, 2.45) is 0 Å². The molecule has 0 bridgehead atoms. The van der Waals surface area contributed by atoms with E-state index in [4.69, 9.17) is 29.9 Å². The van der Waals surface area contributed by atoms with E-state index in [0.717, 1.165) is 0 Å². The third-order valence-corrected chi connectivity index (χ3v) is 0. The zero-order valence-corrected chi connectivity index (χ0v) is 17.6. The zero-order chi connectivity index (χ0) is 7.15. The van der Waals surface area contributed by atoms with Gasteiger partial charge in [0, 0.05) is 0 Å². The summed E-state index contributed by atoms with van der Waals surface area (Å²) in [5.41, 5.74) is 0. The van der Waals surface area contributed by atoms with E-state index in [1.807, 2.05) is 0 Å². The van der Waals surface area contributed by atoms with Crippen LogP contribution in [0.1, 0.15) is 0 Å². The Balaban J connectivity index is -0.0000000112. The zero-order valence-electron chi connectivity index (χ0n) is 7.63. The maximum absolute atomic E-state index is 8.74. The van der Waals surface area contributed by atoms with Crippen LogP contribution < -0.4 is 138 Å². The van der Waals surface area contributed by atoms with Crippen molar-refractivity contribution in [2.45, 2.75) is 0 Å². The van der Waals surface area contributed by atoms with E-state index in [9.17, 15) is 0 Å². The molecule has 0 atom stereocenters. The van der Waals surface area contributed by atoms with Gasteiger partial charge in [-0.3, -0.25) is 0 Å². The van der Waals surface area contributed by atoms with Gasteiger partial charge < -0.3 is 29.9 Å². The van der Waals surface area contributed by atoms with E-state index >= 15 is 0 Å².